The molecule has 1 aliphatic heterocycles. The van der Waals surface area contributed by atoms with Gasteiger partial charge in [-0.1, -0.05) is 12.1 Å². The number of benzene rings is 1. The summed E-state index contributed by atoms with van der Waals surface area (Å²) in [6.07, 6.45) is -3.66. The van der Waals surface area contributed by atoms with Gasteiger partial charge in [-0.3, -0.25) is 14.7 Å². The van der Waals surface area contributed by atoms with Crippen molar-refractivity contribution in [3.63, 3.8) is 0 Å². The Kier molecular flexibility index (Phi) is 4.94. The van der Waals surface area contributed by atoms with Crippen LogP contribution in [0.5, 0.6) is 0 Å². The van der Waals surface area contributed by atoms with E-state index in [9.17, 15) is 18.0 Å². The van der Waals surface area contributed by atoms with Crippen LogP contribution in [-0.4, -0.2) is 26.4 Å². The van der Waals surface area contributed by atoms with Gasteiger partial charge in [-0.05, 0) is 24.4 Å². The van der Waals surface area contributed by atoms with Crippen molar-refractivity contribution in [2.24, 2.45) is 0 Å². The molecule has 5 nitrogen and oxygen atoms in total. The SMILES string of the molecule is O=c1[nH]c(=S)[nH]c2c1CN(Cc1csc(-c3ccc(C(F)(F)F)cc3)n1)CC2. The van der Waals surface area contributed by atoms with Crippen molar-refractivity contribution in [2.75, 3.05) is 6.54 Å². The number of fused-ring (bicyclic) bond motifs is 1. The van der Waals surface area contributed by atoms with E-state index in [0.29, 0.717) is 40.4 Å². The zero-order valence-electron chi connectivity index (χ0n) is 14.5. The van der Waals surface area contributed by atoms with Gasteiger partial charge in [0.15, 0.2) is 4.77 Å². The molecular formula is C18H15F3N4OS2. The van der Waals surface area contributed by atoms with Gasteiger partial charge in [0.25, 0.3) is 5.56 Å². The topological polar surface area (TPSA) is 64.8 Å². The molecule has 3 heterocycles. The molecule has 28 heavy (non-hydrogen) atoms. The van der Waals surface area contributed by atoms with Crippen molar-refractivity contribution >= 4 is 23.6 Å². The summed E-state index contributed by atoms with van der Waals surface area (Å²) in [6, 6.07) is 5.00. The van der Waals surface area contributed by atoms with E-state index in [0.717, 1.165) is 30.1 Å². The zero-order chi connectivity index (χ0) is 19.9. The fourth-order valence-corrected chi connectivity index (χ4v) is 4.22. The minimum atomic E-state index is -4.35. The van der Waals surface area contributed by atoms with Gasteiger partial charge in [0.1, 0.15) is 5.01 Å². The molecule has 0 amide bonds. The summed E-state index contributed by atoms with van der Waals surface area (Å²) < 4.78 is 38.4. The van der Waals surface area contributed by atoms with E-state index in [1.54, 1.807) is 0 Å². The number of hydrogen-bond donors (Lipinski definition) is 2. The zero-order valence-corrected chi connectivity index (χ0v) is 16.1. The summed E-state index contributed by atoms with van der Waals surface area (Å²) in [7, 11) is 0. The third-order valence-electron chi connectivity index (χ3n) is 4.59. The van der Waals surface area contributed by atoms with Crippen LogP contribution in [0.4, 0.5) is 13.2 Å². The van der Waals surface area contributed by atoms with Crippen molar-refractivity contribution < 1.29 is 13.2 Å². The lowest BCUT2D eigenvalue weighted by Gasteiger charge is -2.26. The van der Waals surface area contributed by atoms with Crippen LogP contribution in [0.15, 0.2) is 34.4 Å². The van der Waals surface area contributed by atoms with E-state index >= 15 is 0 Å². The van der Waals surface area contributed by atoms with Crippen LogP contribution in [0.3, 0.4) is 0 Å². The Morgan fingerprint density at radius 3 is 2.68 bits per heavy atom. The minimum absolute atomic E-state index is 0.174. The second-order valence-electron chi connectivity index (χ2n) is 6.55. The summed E-state index contributed by atoms with van der Waals surface area (Å²) in [4.78, 5) is 24.4. The molecular weight excluding hydrogens is 409 g/mol. The number of rotatable bonds is 3. The monoisotopic (exact) mass is 424 g/mol. The molecule has 0 fully saturated rings. The Morgan fingerprint density at radius 1 is 1.21 bits per heavy atom. The van der Waals surface area contributed by atoms with Crippen LogP contribution in [0.25, 0.3) is 10.6 Å². The Balaban J connectivity index is 1.48. The van der Waals surface area contributed by atoms with Crippen LogP contribution < -0.4 is 5.56 Å². The molecule has 146 valence electrons. The van der Waals surface area contributed by atoms with E-state index in [-0.39, 0.29) is 5.56 Å². The molecule has 0 saturated carbocycles. The first-order valence-electron chi connectivity index (χ1n) is 8.48. The summed E-state index contributed by atoms with van der Waals surface area (Å²) in [5.41, 5.74) is 2.17. The maximum atomic E-state index is 12.7. The highest BCUT2D eigenvalue weighted by Gasteiger charge is 2.30. The highest BCUT2D eigenvalue weighted by atomic mass is 32.1. The number of nitrogens with zero attached hydrogens (tertiary/aromatic N) is 2. The lowest BCUT2D eigenvalue weighted by molar-refractivity contribution is -0.137. The molecule has 3 aromatic rings. The number of nitrogens with one attached hydrogen (secondary N) is 2. The Morgan fingerprint density at radius 2 is 1.96 bits per heavy atom. The fraction of sp³-hybridized carbons (Fsp3) is 0.278. The maximum Gasteiger partial charge on any atom is 0.416 e. The van der Waals surface area contributed by atoms with Crippen LogP contribution in [0, 0.1) is 4.77 Å². The van der Waals surface area contributed by atoms with E-state index < -0.39 is 11.7 Å². The van der Waals surface area contributed by atoms with E-state index in [2.05, 4.69) is 19.9 Å². The second-order valence-corrected chi connectivity index (χ2v) is 7.81. The largest absolute Gasteiger partial charge is 0.416 e. The molecule has 2 N–H and O–H groups in total. The maximum absolute atomic E-state index is 12.7. The number of aromatic nitrogens is 3. The number of alkyl halides is 3. The quantitative estimate of drug-likeness (QED) is 0.621. The van der Waals surface area contributed by atoms with E-state index in [1.165, 1.54) is 23.5 Å². The average molecular weight is 424 g/mol. The summed E-state index contributed by atoms with van der Waals surface area (Å²) >= 11 is 6.39. The summed E-state index contributed by atoms with van der Waals surface area (Å²) in [6.45, 7) is 1.81. The van der Waals surface area contributed by atoms with Gasteiger partial charge < -0.3 is 4.98 Å². The third-order valence-corrected chi connectivity index (χ3v) is 5.73. The van der Waals surface area contributed by atoms with Crippen LogP contribution >= 0.6 is 23.6 Å². The van der Waals surface area contributed by atoms with Crippen LogP contribution in [0.2, 0.25) is 0 Å². The van der Waals surface area contributed by atoms with Crippen LogP contribution in [-0.2, 0) is 25.7 Å². The van der Waals surface area contributed by atoms with Gasteiger partial charge in [0.2, 0.25) is 0 Å². The van der Waals surface area contributed by atoms with Gasteiger partial charge in [-0.2, -0.15) is 13.2 Å². The predicted octanol–water partition coefficient (Wildman–Crippen LogP) is 4.13. The van der Waals surface area contributed by atoms with Crippen LogP contribution in [0.1, 0.15) is 22.5 Å². The molecule has 10 heteroatoms. The number of thiazole rings is 1. The van der Waals surface area contributed by atoms with E-state index in [1.807, 2.05) is 5.38 Å². The smallest absolute Gasteiger partial charge is 0.335 e. The molecule has 4 rings (SSSR count). The molecule has 0 unspecified atom stereocenters. The highest BCUT2D eigenvalue weighted by Crippen LogP contribution is 2.32. The van der Waals surface area contributed by atoms with Gasteiger partial charge in [0, 0.05) is 42.7 Å². The molecule has 0 aliphatic carbocycles. The Labute approximate surface area is 166 Å². The summed E-state index contributed by atoms with van der Waals surface area (Å²) in [5.74, 6) is 0. The number of hydrogen-bond acceptors (Lipinski definition) is 5. The van der Waals surface area contributed by atoms with Gasteiger partial charge in [0.05, 0.1) is 16.8 Å². The standard InChI is InChI=1S/C18H15F3N4OS2/c19-18(20,21)11-3-1-10(2-4-11)16-22-12(9-28-16)7-25-6-5-14-13(8-25)15(26)24-17(27)23-14/h1-4,9H,5-8H2,(H2,23,24,26,27). The number of aromatic amines is 2. The first-order chi connectivity index (χ1) is 13.3. The van der Waals surface area contributed by atoms with Crippen molar-refractivity contribution in [3.8, 4) is 10.6 Å². The first-order valence-corrected chi connectivity index (χ1v) is 9.77. The number of halogens is 3. The molecule has 0 atom stereocenters. The molecule has 0 saturated heterocycles. The third kappa shape index (κ3) is 3.94. The van der Waals surface area contributed by atoms with Crippen molar-refractivity contribution in [2.45, 2.75) is 25.7 Å². The van der Waals surface area contributed by atoms with Crippen molar-refractivity contribution in [1.29, 1.82) is 0 Å². The van der Waals surface area contributed by atoms with Crippen molar-refractivity contribution in [3.05, 3.63) is 67.3 Å². The average Bonchev–Trinajstić information content (AvgIpc) is 3.10. The minimum Gasteiger partial charge on any atom is -0.335 e. The number of H-pyrrole nitrogens is 2. The van der Waals surface area contributed by atoms with Gasteiger partial charge >= 0.3 is 6.18 Å². The Hall–Kier alpha value is -2.30. The lowest BCUT2D eigenvalue weighted by atomic mass is 10.1. The van der Waals surface area contributed by atoms with Gasteiger partial charge in [-0.15, -0.1) is 11.3 Å². The first kappa shape index (κ1) is 19.0. The normalized spacial score (nSPS) is 14.8. The molecule has 2 aromatic heterocycles. The predicted molar refractivity (Wildman–Crippen MR) is 103 cm³/mol. The lowest BCUT2D eigenvalue weighted by Crippen LogP contribution is -2.35. The fourth-order valence-electron chi connectivity index (χ4n) is 3.19. The molecule has 0 bridgehead atoms. The second kappa shape index (κ2) is 7.26. The summed E-state index contributed by atoms with van der Waals surface area (Å²) in [5, 5.41) is 2.56. The molecule has 0 spiro atoms. The van der Waals surface area contributed by atoms with Crippen molar-refractivity contribution in [1.82, 2.24) is 19.9 Å². The molecule has 0 radical (unpaired) electrons. The highest BCUT2D eigenvalue weighted by molar-refractivity contribution is 7.71. The molecule has 1 aliphatic rings. The van der Waals surface area contributed by atoms with E-state index in [4.69, 9.17) is 12.2 Å². The van der Waals surface area contributed by atoms with Gasteiger partial charge in [-0.25, -0.2) is 4.98 Å². The molecule has 1 aromatic carbocycles. The Bertz CT molecular complexity index is 1120.